The summed E-state index contributed by atoms with van der Waals surface area (Å²) in [6, 6.07) is 7.25. The van der Waals surface area contributed by atoms with Crippen LogP contribution in [-0.2, 0) is 4.79 Å². The Morgan fingerprint density at radius 1 is 1.27 bits per heavy atom. The summed E-state index contributed by atoms with van der Waals surface area (Å²) in [5.74, 6) is -1.93. The summed E-state index contributed by atoms with van der Waals surface area (Å²) in [4.78, 5) is 23.1. The van der Waals surface area contributed by atoms with Crippen molar-refractivity contribution in [3.8, 4) is 5.69 Å². The molecular formula is C16H19N3O3. The molecule has 22 heavy (non-hydrogen) atoms. The van der Waals surface area contributed by atoms with Crippen LogP contribution in [0.4, 0.5) is 0 Å². The third-order valence-corrected chi connectivity index (χ3v) is 3.71. The molecule has 6 heteroatoms. The molecule has 0 aliphatic rings. The van der Waals surface area contributed by atoms with Gasteiger partial charge in [-0.2, -0.15) is 5.10 Å². The normalized spacial score (nSPS) is 13.4. The number of aromatic nitrogens is 2. The summed E-state index contributed by atoms with van der Waals surface area (Å²) in [7, 11) is 0. The van der Waals surface area contributed by atoms with E-state index < -0.39 is 17.9 Å². The summed E-state index contributed by atoms with van der Waals surface area (Å²) in [6.07, 6.45) is 3.11. The van der Waals surface area contributed by atoms with Gasteiger partial charge in [-0.25, -0.2) is 4.68 Å². The second kappa shape index (κ2) is 6.43. The van der Waals surface area contributed by atoms with Crippen molar-refractivity contribution in [3.05, 3.63) is 47.8 Å². The highest BCUT2D eigenvalue weighted by atomic mass is 16.4. The third kappa shape index (κ3) is 3.33. The molecule has 0 saturated carbocycles. The number of hydrogen-bond donors (Lipinski definition) is 2. The van der Waals surface area contributed by atoms with E-state index in [1.807, 2.05) is 31.2 Å². The van der Waals surface area contributed by atoms with Crippen molar-refractivity contribution >= 4 is 11.9 Å². The van der Waals surface area contributed by atoms with Gasteiger partial charge in [-0.3, -0.25) is 9.59 Å². The van der Waals surface area contributed by atoms with Gasteiger partial charge in [0, 0.05) is 12.2 Å². The average molecular weight is 301 g/mol. The zero-order chi connectivity index (χ0) is 16.3. The summed E-state index contributed by atoms with van der Waals surface area (Å²) in [5, 5.41) is 15.8. The molecule has 1 amide bonds. The highest BCUT2D eigenvalue weighted by Gasteiger charge is 2.22. The van der Waals surface area contributed by atoms with Gasteiger partial charge < -0.3 is 10.4 Å². The number of carboxylic acids is 1. The molecule has 0 radical (unpaired) electrons. The first kappa shape index (κ1) is 15.8. The molecule has 0 fully saturated rings. The van der Waals surface area contributed by atoms with Gasteiger partial charge in [0.05, 0.1) is 23.4 Å². The Hall–Kier alpha value is -2.63. The highest BCUT2D eigenvalue weighted by molar-refractivity contribution is 5.94. The van der Waals surface area contributed by atoms with Crippen LogP contribution in [-0.4, -0.2) is 32.8 Å². The fourth-order valence-corrected chi connectivity index (χ4v) is 2.02. The number of amides is 1. The summed E-state index contributed by atoms with van der Waals surface area (Å²) in [5.41, 5.74) is 2.34. The van der Waals surface area contributed by atoms with Crippen LogP contribution in [0.2, 0.25) is 0 Å². The fourth-order valence-electron chi connectivity index (χ4n) is 2.02. The van der Waals surface area contributed by atoms with Gasteiger partial charge in [0.2, 0.25) is 0 Å². The molecular weight excluding hydrogens is 282 g/mol. The van der Waals surface area contributed by atoms with Crippen LogP contribution in [0.25, 0.3) is 5.69 Å². The lowest BCUT2D eigenvalue weighted by Gasteiger charge is -2.17. The first-order chi connectivity index (χ1) is 10.4. The molecule has 6 nitrogen and oxygen atoms in total. The van der Waals surface area contributed by atoms with Gasteiger partial charge in [0.15, 0.2) is 0 Å². The minimum atomic E-state index is -0.941. The molecule has 2 N–H and O–H groups in total. The number of benzene rings is 1. The average Bonchev–Trinajstić information content (AvgIpc) is 2.96. The van der Waals surface area contributed by atoms with E-state index in [1.54, 1.807) is 24.7 Å². The molecule has 0 spiro atoms. The Morgan fingerprint density at radius 3 is 2.59 bits per heavy atom. The van der Waals surface area contributed by atoms with Gasteiger partial charge in [-0.15, -0.1) is 0 Å². The molecule has 1 aromatic heterocycles. The lowest BCUT2D eigenvalue weighted by atomic mass is 10.0. The van der Waals surface area contributed by atoms with Gasteiger partial charge in [-0.1, -0.05) is 18.2 Å². The minimum absolute atomic E-state index is 0.333. The second-order valence-electron chi connectivity index (χ2n) is 5.35. The summed E-state index contributed by atoms with van der Waals surface area (Å²) < 4.78 is 1.63. The topological polar surface area (TPSA) is 84.2 Å². The second-order valence-corrected chi connectivity index (χ2v) is 5.35. The van der Waals surface area contributed by atoms with Crippen molar-refractivity contribution < 1.29 is 14.7 Å². The molecule has 0 aliphatic heterocycles. The van der Waals surface area contributed by atoms with Crippen molar-refractivity contribution in [1.82, 2.24) is 15.1 Å². The number of hydrogen-bond acceptors (Lipinski definition) is 3. The lowest BCUT2D eigenvalue weighted by Crippen LogP contribution is -2.39. The van der Waals surface area contributed by atoms with Crippen molar-refractivity contribution in [2.75, 3.05) is 0 Å². The maximum absolute atomic E-state index is 12.2. The highest BCUT2D eigenvalue weighted by Crippen LogP contribution is 2.13. The van der Waals surface area contributed by atoms with E-state index >= 15 is 0 Å². The lowest BCUT2D eigenvalue weighted by molar-refractivity contribution is -0.141. The predicted molar refractivity (Wildman–Crippen MR) is 82.0 cm³/mol. The molecule has 0 bridgehead atoms. The Balaban J connectivity index is 2.13. The van der Waals surface area contributed by atoms with Crippen LogP contribution >= 0.6 is 0 Å². The molecule has 2 rings (SSSR count). The Bertz CT molecular complexity index is 693. The van der Waals surface area contributed by atoms with Gasteiger partial charge in [-0.05, 0) is 32.4 Å². The molecule has 0 saturated heterocycles. The smallest absolute Gasteiger partial charge is 0.308 e. The molecule has 2 aromatic rings. The first-order valence-corrected chi connectivity index (χ1v) is 7.04. The zero-order valence-corrected chi connectivity index (χ0v) is 12.8. The number of aryl methyl sites for hydroxylation is 1. The van der Waals surface area contributed by atoms with Crippen molar-refractivity contribution in [3.63, 3.8) is 0 Å². The van der Waals surface area contributed by atoms with E-state index in [4.69, 9.17) is 5.11 Å². The van der Waals surface area contributed by atoms with Crippen LogP contribution in [0.15, 0.2) is 36.7 Å². The van der Waals surface area contributed by atoms with Crippen LogP contribution in [0, 0.1) is 12.8 Å². The third-order valence-electron chi connectivity index (χ3n) is 3.71. The molecule has 2 atom stereocenters. The number of carboxylic acid groups (broad SMARTS) is 1. The van der Waals surface area contributed by atoms with E-state index in [0.29, 0.717) is 5.56 Å². The molecule has 2 unspecified atom stereocenters. The number of aliphatic carboxylic acids is 1. The number of rotatable bonds is 5. The van der Waals surface area contributed by atoms with E-state index in [-0.39, 0.29) is 5.91 Å². The Kier molecular flexibility index (Phi) is 4.60. The van der Waals surface area contributed by atoms with Crippen LogP contribution in [0.5, 0.6) is 0 Å². The molecule has 116 valence electrons. The number of para-hydroxylation sites is 1. The van der Waals surface area contributed by atoms with E-state index in [9.17, 15) is 9.59 Å². The van der Waals surface area contributed by atoms with E-state index in [2.05, 4.69) is 10.4 Å². The van der Waals surface area contributed by atoms with Gasteiger partial charge in [0.25, 0.3) is 5.91 Å². The zero-order valence-electron chi connectivity index (χ0n) is 12.8. The predicted octanol–water partition coefficient (Wildman–Crippen LogP) is 2.02. The maximum Gasteiger partial charge on any atom is 0.308 e. The Labute approximate surface area is 128 Å². The van der Waals surface area contributed by atoms with Crippen LogP contribution in [0.1, 0.15) is 29.8 Å². The number of carbonyl (C=O) groups is 2. The van der Waals surface area contributed by atoms with Crippen molar-refractivity contribution in [2.24, 2.45) is 5.92 Å². The quantitative estimate of drug-likeness (QED) is 0.885. The van der Waals surface area contributed by atoms with Crippen molar-refractivity contribution in [1.29, 1.82) is 0 Å². The van der Waals surface area contributed by atoms with E-state index in [1.165, 1.54) is 6.20 Å². The van der Waals surface area contributed by atoms with Crippen LogP contribution in [0.3, 0.4) is 0 Å². The summed E-state index contributed by atoms with van der Waals surface area (Å²) >= 11 is 0. The van der Waals surface area contributed by atoms with Crippen molar-refractivity contribution in [2.45, 2.75) is 26.8 Å². The number of carbonyl (C=O) groups excluding carboxylic acids is 1. The largest absolute Gasteiger partial charge is 0.481 e. The van der Waals surface area contributed by atoms with Gasteiger partial charge in [0.1, 0.15) is 0 Å². The monoisotopic (exact) mass is 301 g/mol. The summed E-state index contributed by atoms with van der Waals surface area (Å²) in [6.45, 7) is 5.19. The minimum Gasteiger partial charge on any atom is -0.481 e. The first-order valence-electron chi connectivity index (χ1n) is 7.04. The molecule has 0 aliphatic carbocycles. The standard InChI is InChI=1S/C16H19N3O3/c1-10-6-4-5-7-14(10)19-9-13(8-17-19)15(20)18-12(3)11(2)16(21)22/h4-9,11-12H,1-3H3,(H,18,20)(H,21,22). The van der Waals surface area contributed by atoms with E-state index in [0.717, 1.165) is 11.3 Å². The molecule has 1 heterocycles. The number of nitrogens with one attached hydrogen (secondary N) is 1. The fraction of sp³-hybridized carbons (Fsp3) is 0.312. The Morgan fingerprint density at radius 2 is 1.95 bits per heavy atom. The van der Waals surface area contributed by atoms with Crippen LogP contribution < -0.4 is 5.32 Å². The van der Waals surface area contributed by atoms with Gasteiger partial charge >= 0.3 is 5.97 Å². The SMILES string of the molecule is Cc1ccccc1-n1cc(C(=O)NC(C)C(C)C(=O)O)cn1. The molecule has 1 aromatic carbocycles. The maximum atomic E-state index is 12.2. The number of nitrogens with zero attached hydrogens (tertiary/aromatic N) is 2.